The Labute approximate surface area is 179 Å². The number of ether oxygens (including phenoxy) is 1. The third-order valence-electron chi connectivity index (χ3n) is 4.33. The average Bonchev–Trinajstić information content (AvgIpc) is 2.73. The average molecular weight is 450 g/mol. The molecule has 3 aromatic carbocycles. The molecule has 0 bridgehead atoms. The van der Waals surface area contributed by atoms with E-state index in [1.54, 1.807) is 31.2 Å². The molecule has 3 atom stereocenters. The highest BCUT2D eigenvalue weighted by molar-refractivity contribution is 7.50. The quantitative estimate of drug-likeness (QED) is 0.211. The molecular weight excluding hydrogens is 429 g/mol. The van der Waals surface area contributed by atoms with Crippen molar-refractivity contribution in [1.82, 2.24) is 5.09 Å². The minimum atomic E-state index is -4.51. The first kappa shape index (κ1) is 22.3. The van der Waals surface area contributed by atoms with Crippen LogP contribution >= 0.6 is 19.3 Å². The van der Waals surface area contributed by atoms with Gasteiger partial charge in [0.05, 0.1) is 5.02 Å². The van der Waals surface area contributed by atoms with Crippen molar-refractivity contribution in [2.24, 2.45) is 0 Å². The summed E-state index contributed by atoms with van der Waals surface area (Å²) in [5.74, 6) is -0.619. The van der Waals surface area contributed by atoms with Gasteiger partial charge in [-0.25, -0.2) is 9.65 Å². The van der Waals surface area contributed by atoms with Gasteiger partial charge in [-0.1, -0.05) is 76.9 Å². The summed E-state index contributed by atoms with van der Waals surface area (Å²) in [6.45, 7) is 3.10. The summed E-state index contributed by atoms with van der Waals surface area (Å²) in [5, 5.41) is 3.82. The lowest BCUT2D eigenvalue weighted by molar-refractivity contribution is -0.151. The van der Waals surface area contributed by atoms with Crippen LogP contribution in [-0.4, -0.2) is 16.9 Å². The van der Waals surface area contributed by atoms with Crippen LogP contribution in [0.1, 0.15) is 25.5 Å². The molecule has 3 aromatic rings. The van der Waals surface area contributed by atoms with E-state index >= 15 is 0 Å². The zero-order chi connectivity index (χ0) is 21.7. The third-order valence-corrected chi connectivity index (χ3v) is 5.61. The zero-order valence-corrected chi connectivity index (χ0v) is 18.0. The summed E-state index contributed by atoms with van der Waals surface area (Å²) < 4.78 is 22.4. The molecule has 0 aromatic heterocycles. The van der Waals surface area contributed by atoms with E-state index in [0.717, 1.165) is 10.9 Å². The van der Waals surface area contributed by atoms with E-state index in [2.05, 4.69) is 5.09 Å². The van der Waals surface area contributed by atoms with Gasteiger partial charge in [-0.3, -0.25) is 4.79 Å². The molecule has 0 fully saturated rings. The van der Waals surface area contributed by atoms with Crippen LogP contribution in [-0.2, 0) is 18.8 Å². The highest BCUT2D eigenvalue weighted by atomic mass is 35.5. The summed E-state index contributed by atoms with van der Waals surface area (Å²) in [4.78, 5) is 27.4. The Balaban J connectivity index is 1.62. The number of fused-ring (bicyclic) bond motifs is 1. The summed E-state index contributed by atoms with van der Waals surface area (Å²) in [6, 6.07) is 18.6. The van der Waals surface area contributed by atoms with Gasteiger partial charge in [-0.05, 0) is 30.9 Å². The van der Waals surface area contributed by atoms with E-state index in [9.17, 15) is 14.3 Å². The van der Waals surface area contributed by atoms with Gasteiger partial charge in [0.15, 0.2) is 5.75 Å². The molecule has 0 heterocycles. The molecule has 0 saturated heterocycles. The van der Waals surface area contributed by atoms with E-state index in [0.29, 0.717) is 5.39 Å². The van der Waals surface area contributed by atoms with Gasteiger partial charge < -0.3 is 14.5 Å². The first-order chi connectivity index (χ1) is 14.3. The van der Waals surface area contributed by atoms with Gasteiger partial charge in [0.1, 0.15) is 12.1 Å². The maximum Gasteiger partial charge on any atom is 0.440 e. The Hall–Kier alpha value is -2.41. The molecule has 158 valence electrons. The van der Waals surface area contributed by atoms with Gasteiger partial charge in [0.25, 0.3) is 0 Å². The van der Waals surface area contributed by atoms with Crippen LogP contribution < -0.4 is 9.97 Å². The molecule has 0 amide bonds. The van der Waals surface area contributed by atoms with Crippen molar-refractivity contribution >= 4 is 36.1 Å². The number of esters is 1. The second-order valence-electron chi connectivity index (χ2n) is 6.62. The second kappa shape index (κ2) is 9.60. The Kier molecular flexibility index (Phi) is 7.13. The van der Waals surface area contributed by atoms with Crippen molar-refractivity contribution in [2.75, 3.05) is 0 Å². The smallest absolute Gasteiger partial charge is 0.440 e. The van der Waals surface area contributed by atoms with Crippen molar-refractivity contribution in [3.05, 3.63) is 77.3 Å². The van der Waals surface area contributed by atoms with Crippen LogP contribution in [0.5, 0.6) is 5.75 Å². The monoisotopic (exact) mass is 449 g/mol. The van der Waals surface area contributed by atoms with Crippen LogP contribution in [0, 0.1) is 0 Å². The van der Waals surface area contributed by atoms with Crippen LogP contribution in [0.2, 0.25) is 5.02 Å². The number of hydrogen-bond donors (Lipinski definition) is 2. The molecule has 2 N–H and O–H groups in total. The number of carbonyl (C=O) groups is 1. The summed E-state index contributed by atoms with van der Waals surface area (Å²) in [7, 11) is -4.51. The molecule has 1 unspecified atom stereocenters. The van der Waals surface area contributed by atoms with Crippen LogP contribution in [0.4, 0.5) is 0 Å². The molecule has 7 nitrogen and oxygen atoms in total. The fraction of sp³-hybridized carbons (Fsp3) is 0.190. The Bertz CT molecular complexity index is 1080. The topological polar surface area (TPSA) is 94.1 Å². The lowest BCUT2D eigenvalue weighted by Gasteiger charge is -2.20. The molecule has 0 aliphatic heterocycles. The summed E-state index contributed by atoms with van der Waals surface area (Å²) >= 11 is 6.13. The maximum atomic E-state index is 12.4. The standard InChI is InChI=1S/C21H21ClNO6P/c1-14(21(24)27-15(2)16-8-4-3-5-9-16)23-30(25,26)29-28-20-18-11-7-6-10-17(18)12-13-19(20)22/h3-15H,1-2H3,(H2,23,25,26)/t14-,15-/m0/s1. The molecule has 0 saturated carbocycles. The Morgan fingerprint density at radius 1 is 1.03 bits per heavy atom. The van der Waals surface area contributed by atoms with E-state index < -0.39 is 25.9 Å². The van der Waals surface area contributed by atoms with Crippen molar-refractivity contribution in [1.29, 1.82) is 0 Å². The fourth-order valence-electron chi connectivity index (χ4n) is 2.78. The minimum Gasteiger partial charge on any atom is -0.457 e. The number of hydrogen-bond acceptors (Lipinski definition) is 5. The SMILES string of the molecule is C[C@H](NP(=O)(O)OOc1c(Cl)ccc2ccccc12)C(=O)O[C@@H](C)c1ccccc1. The van der Waals surface area contributed by atoms with Crippen LogP contribution in [0.3, 0.4) is 0 Å². The number of carbonyl (C=O) groups excluding carboxylic acids is 1. The lowest BCUT2D eigenvalue weighted by atomic mass is 10.1. The van der Waals surface area contributed by atoms with Crippen molar-refractivity contribution in [3.63, 3.8) is 0 Å². The van der Waals surface area contributed by atoms with E-state index in [1.165, 1.54) is 6.92 Å². The molecule has 30 heavy (non-hydrogen) atoms. The number of benzene rings is 3. The first-order valence-electron chi connectivity index (χ1n) is 9.16. The maximum absolute atomic E-state index is 12.4. The molecule has 0 aliphatic carbocycles. The van der Waals surface area contributed by atoms with Gasteiger partial charge >= 0.3 is 13.7 Å². The third kappa shape index (κ3) is 5.59. The molecular formula is C21H21ClNO6P. The summed E-state index contributed by atoms with van der Waals surface area (Å²) in [6.07, 6.45) is -0.521. The molecule has 3 rings (SSSR count). The van der Waals surface area contributed by atoms with Gasteiger partial charge in [-0.2, -0.15) is 0 Å². The molecule has 9 heteroatoms. The first-order valence-corrected chi connectivity index (χ1v) is 11.1. The summed E-state index contributed by atoms with van der Waals surface area (Å²) in [5.41, 5.74) is 0.801. The van der Waals surface area contributed by atoms with Gasteiger partial charge in [0, 0.05) is 5.39 Å². The molecule has 0 spiro atoms. The number of halogens is 1. The van der Waals surface area contributed by atoms with Crippen LogP contribution in [0.15, 0.2) is 66.7 Å². The predicted molar refractivity (Wildman–Crippen MR) is 114 cm³/mol. The Morgan fingerprint density at radius 3 is 2.43 bits per heavy atom. The molecule has 0 radical (unpaired) electrons. The predicted octanol–water partition coefficient (Wildman–Crippen LogP) is 5.19. The largest absolute Gasteiger partial charge is 0.457 e. The van der Waals surface area contributed by atoms with Gasteiger partial charge in [0.2, 0.25) is 0 Å². The Morgan fingerprint density at radius 2 is 1.70 bits per heavy atom. The van der Waals surface area contributed by atoms with Crippen molar-refractivity contribution < 1.29 is 28.6 Å². The fourth-order valence-corrected chi connectivity index (χ4v) is 3.79. The second-order valence-corrected chi connectivity index (χ2v) is 8.47. The minimum absolute atomic E-state index is 0.0961. The number of nitrogens with one attached hydrogen (secondary N) is 1. The lowest BCUT2D eigenvalue weighted by Crippen LogP contribution is -2.34. The highest BCUT2D eigenvalue weighted by Gasteiger charge is 2.30. The van der Waals surface area contributed by atoms with Crippen LogP contribution in [0.25, 0.3) is 10.8 Å². The van der Waals surface area contributed by atoms with Crippen molar-refractivity contribution in [2.45, 2.75) is 26.0 Å². The van der Waals surface area contributed by atoms with Gasteiger partial charge in [-0.15, -0.1) is 0 Å². The highest BCUT2D eigenvalue weighted by Crippen LogP contribution is 2.41. The van der Waals surface area contributed by atoms with E-state index in [-0.39, 0.29) is 10.8 Å². The molecule has 0 aliphatic rings. The van der Waals surface area contributed by atoms with Crippen molar-refractivity contribution in [3.8, 4) is 5.75 Å². The normalized spacial score (nSPS) is 15.2. The zero-order valence-electron chi connectivity index (χ0n) is 16.3. The van der Waals surface area contributed by atoms with E-state index in [4.69, 9.17) is 25.9 Å². The van der Waals surface area contributed by atoms with E-state index in [1.807, 2.05) is 42.5 Å². The number of rotatable bonds is 8.